The van der Waals surface area contributed by atoms with Crippen LogP contribution in [0.1, 0.15) is 6.92 Å². The molecule has 1 N–H and O–H groups in total. The maximum Gasteiger partial charge on any atom is 0.332 e. The summed E-state index contributed by atoms with van der Waals surface area (Å²) in [5.41, 5.74) is 0.149. The molecule has 140 valence electrons. The Morgan fingerprint density at radius 1 is 1.20 bits per heavy atom. The van der Waals surface area contributed by atoms with Gasteiger partial charge < -0.3 is 19.5 Å². The van der Waals surface area contributed by atoms with Gasteiger partial charge in [0, 0.05) is 20.7 Å². The fourth-order valence-corrected chi connectivity index (χ4v) is 2.64. The lowest BCUT2D eigenvalue weighted by Gasteiger charge is -2.15. The first-order chi connectivity index (χ1) is 11.7. The van der Waals surface area contributed by atoms with Crippen molar-refractivity contribution in [3.8, 4) is 5.75 Å². The molecule has 0 aliphatic heterocycles. The fraction of sp³-hybridized carbons (Fsp3) is 0.467. The van der Waals surface area contributed by atoms with E-state index >= 15 is 0 Å². The van der Waals surface area contributed by atoms with Crippen LogP contribution in [0.5, 0.6) is 5.75 Å². The van der Waals surface area contributed by atoms with Crippen LogP contribution in [0.15, 0.2) is 23.1 Å². The van der Waals surface area contributed by atoms with Gasteiger partial charge in [0.1, 0.15) is 12.4 Å². The average molecular weight is 374 g/mol. The molecule has 0 heterocycles. The summed E-state index contributed by atoms with van der Waals surface area (Å²) in [7, 11) is 0.507. The molecule has 0 bridgehead atoms. The topological polar surface area (TPSA) is 111 Å². The van der Waals surface area contributed by atoms with Gasteiger partial charge in [0.05, 0.1) is 17.7 Å². The molecule has 0 atom stereocenters. The molecule has 1 aromatic rings. The number of esters is 1. The first kappa shape index (κ1) is 20.9. The number of benzene rings is 1. The maximum atomic E-state index is 12.2. The molecular weight excluding hydrogens is 352 g/mol. The average Bonchev–Trinajstić information content (AvgIpc) is 2.57. The van der Waals surface area contributed by atoms with E-state index in [-0.39, 0.29) is 22.9 Å². The Morgan fingerprint density at radius 3 is 2.44 bits per heavy atom. The van der Waals surface area contributed by atoms with Gasteiger partial charge in [-0.1, -0.05) is 0 Å². The molecule has 10 heteroatoms. The zero-order chi connectivity index (χ0) is 19.0. The monoisotopic (exact) mass is 374 g/mol. The van der Waals surface area contributed by atoms with Gasteiger partial charge in [0.25, 0.3) is 5.91 Å². The lowest BCUT2D eigenvalue weighted by Crippen LogP contribution is -2.24. The Bertz CT molecular complexity index is 717. The number of nitrogens with zero attached hydrogens (tertiary/aromatic N) is 1. The molecule has 1 aromatic carbocycles. The molecule has 0 aliphatic rings. The molecule has 9 nitrogen and oxygen atoms in total. The van der Waals surface area contributed by atoms with Crippen LogP contribution >= 0.6 is 0 Å². The van der Waals surface area contributed by atoms with E-state index in [1.807, 2.05) is 0 Å². The number of hydrogen-bond donors (Lipinski definition) is 1. The summed E-state index contributed by atoms with van der Waals surface area (Å²) in [6, 6.07) is 4.06. The third kappa shape index (κ3) is 6.00. The highest BCUT2D eigenvalue weighted by Gasteiger charge is 2.20. The number of anilines is 1. The Labute approximate surface area is 146 Å². The Balaban J connectivity index is 2.86. The number of sulfonamides is 1. The second-order valence-corrected chi connectivity index (χ2v) is 7.15. The highest BCUT2D eigenvalue weighted by atomic mass is 32.2. The highest BCUT2D eigenvalue weighted by molar-refractivity contribution is 7.89. The van der Waals surface area contributed by atoms with Gasteiger partial charge in [-0.3, -0.25) is 4.79 Å². The maximum absolute atomic E-state index is 12.2. The van der Waals surface area contributed by atoms with Gasteiger partial charge in [-0.15, -0.1) is 0 Å². The summed E-state index contributed by atoms with van der Waals surface area (Å²) in [5, 5.41) is 2.46. The minimum absolute atomic E-state index is 0.0121. The number of carbonyl (C=O) groups excluding carboxylic acids is 2. The molecule has 0 radical (unpaired) electrons. The summed E-state index contributed by atoms with van der Waals surface area (Å²) >= 11 is 0. The predicted molar refractivity (Wildman–Crippen MR) is 89.9 cm³/mol. The lowest BCUT2D eigenvalue weighted by atomic mass is 10.3. The third-order valence-corrected chi connectivity index (χ3v) is 4.82. The molecule has 0 fully saturated rings. The van der Waals surface area contributed by atoms with Crippen molar-refractivity contribution in [3.63, 3.8) is 0 Å². The van der Waals surface area contributed by atoms with E-state index in [0.29, 0.717) is 6.61 Å². The van der Waals surface area contributed by atoms with Gasteiger partial charge in [-0.2, -0.15) is 0 Å². The number of methoxy groups -OCH3 is 1. The van der Waals surface area contributed by atoms with Crippen LogP contribution in [-0.2, 0) is 29.1 Å². The summed E-state index contributed by atoms with van der Waals surface area (Å²) in [6.45, 7) is 1.30. The second kappa shape index (κ2) is 9.35. The Hall–Kier alpha value is -2.17. The van der Waals surface area contributed by atoms with Gasteiger partial charge >= 0.3 is 5.97 Å². The normalized spacial score (nSPS) is 11.2. The fourth-order valence-electron chi connectivity index (χ4n) is 1.72. The van der Waals surface area contributed by atoms with E-state index in [0.717, 1.165) is 4.31 Å². The number of nitrogens with one attached hydrogen (secondary N) is 1. The molecule has 0 aliphatic carbocycles. The van der Waals surface area contributed by atoms with E-state index in [1.54, 1.807) is 6.92 Å². The molecular formula is C15H22N2O7S. The summed E-state index contributed by atoms with van der Waals surface area (Å²) in [5.74, 6) is -1.04. The van der Waals surface area contributed by atoms with Crippen molar-refractivity contribution in [2.45, 2.75) is 11.8 Å². The third-order valence-electron chi connectivity index (χ3n) is 3.01. The lowest BCUT2D eigenvalue weighted by molar-refractivity contribution is -0.151. The van der Waals surface area contributed by atoms with E-state index in [1.165, 1.54) is 39.4 Å². The number of ether oxygens (including phenoxy) is 3. The van der Waals surface area contributed by atoms with Crippen LogP contribution in [0.3, 0.4) is 0 Å². The molecule has 0 aromatic heterocycles. The van der Waals surface area contributed by atoms with Crippen molar-refractivity contribution in [2.24, 2.45) is 0 Å². The zero-order valence-electron chi connectivity index (χ0n) is 14.6. The van der Waals surface area contributed by atoms with Crippen LogP contribution in [0.2, 0.25) is 0 Å². The number of rotatable bonds is 9. The predicted octanol–water partition coefficient (Wildman–Crippen LogP) is 0.464. The summed E-state index contributed by atoms with van der Waals surface area (Å²) in [6.07, 6.45) is 0. The molecule has 0 spiro atoms. The van der Waals surface area contributed by atoms with Crippen molar-refractivity contribution in [1.29, 1.82) is 0 Å². The Kier molecular flexibility index (Phi) is 7.81. The minimum Gasteiger partial charge on any atom is -0.495 e. The number of carbonyl (C=O) groups is 2. The van der Waals surface area contributed by atoms with E-state index in [9.17, 15) is 18.0 Å². The van der Waals surface area contributed by atoms with Crippen molar-refractivity contribution in [3.05, 3.63) is 18.2 Å². The summed E-state index contributed by atoms with van der Waals surface area (Å²) in [4.78, 5) is 23.2. The van der Waals surface area contributed by atoms with E-state index < -0.39 is 28.5 Å². The molecule has 0 unspecified atom stereocenters. The first-order valence-electron chi connectivity index (χ1n) is 7.36. The van der Waals surface area contributed by atoms with Crippen molar-refractivity contribution in [2.75, 3.05) is 46.3 Å². The van der Waals surface area contributed by atoms with Crippen molar-refractivity contribution in [1.82, 2.24) is 4.31 Å². The van der Waals surface area contributed by atoms with Crippen molar-refractivity contribution < 1.29 is 32.2 Å². The Morgan fingerprint density at radius 2 is 1.88 bits per heavy atom. The van der Waals surface area contributed by atoms with Gasteiger partial charge in [0.15, 0.2) is 6.61 Å². The number of amides is 1. The molecule has 1 amide bonds. The van der Waals surface area contributed by atoms with Crippen LogP contribution in [0.4, 0.5) is 5.69 Å². The van der Waals surface area contributed by atoms with E-state index in [2.05, 4.69) is 5.32 Å². The van der Waals surface area contributed by atoms with Crippen LogP contribution < -0.4 is 10.1 Å². The summed E-state index contributed by atoms with van der Waals surface area (Å²) < 4.78 is 40.1. The van der Waals surface area contributed by atoms with Gasteiger partial charge in [-0.05, 0) is 25.1 Å². The van der Waals surface area contributed by atoms with Crippen LogP contribution in [0.25, 0.3) is 0 Å². The molecule has 0 saturated carbocycles. The van der Waals surface area contributed by atoms with E-state index in [4.69, 9.17) is 14.2 Å². The second-order valence-electron chi connectivity index (χ2n) is 5.00. The SMILES string of the molecule is CCOCC(=O)OCC(=O)Nc1cc(S(=O)(=O)N(C)C)ccc1OC. The number of hydrogen-bond acceptors (Lipinski definition) is 7. The zero-order valence-corrected chi connectivity index (χ0v) is 15.4. The van der Waals surface area contributed by atoms with Crippen LogP contribution in [0, 0.1) is 0 Å². The quantitative estimate of drug-likeness (QED) is 0.625. The molecule has 25 heavy (non-hydrogen) atoms. The largest absolute Gasteiger partial charge is 0.495 e. The minimum atomic E-state index is -3.67. The van der Waals surface area contributed by atoms with Crippen LogP contribution in [-0.4, -0.2) is 65.6 Å². The molecule has 1 rings (SSSR count). The standard InChI is InChI=1S/C15H22N2O7S/c1-5-23-10-15(19)24-9-14(18)16-12-8-11(6-7-13(12)22-4)25(20,21)17(2)3/h6-8H,5,9-10H2,1-4H3,(H,16,18). The highest BCUT2D eigenvalue weighted by Crippen LogP contribution is 2.28. The smallest absolute Gasteiger partial charge is 0.332 e. The van der Waals surface area contributed by atoms with Crippen molar-refractivity contribution >= 4 is 27.6 Å². The van der Waals surface area contributed by atoms with Gasteiger partial charge in [0.2, 0.25) is 10.0 Å². The first-order valence-corrected chi connectivity index (χ1v) is 8.80. The molecule has 0 saturated heterocycles. The van der Waals surface area contributed by atoms with Gasteiger partial charge in [-0.25, -0.2) is 17.5 Å².